The molecule has 0 fully saturated rings. The molecule has 1 unspecified atom stereocenters. The molecule has 0 saturated heterocycles. The molecule has 0 spiro atoms. The molecule has 0 radical (unpaired) electrons. The molecular formula is C22H16N2O6S2. The number of rotatable bonds is 5. The van der Waals surface area contributed by atoms with Gasteiger partial charge in [0.25, 0.3) is 10.1 Å². The van der Waals surface area contributed by atoms with Gasteiger partial charge in [0.2, 0.25) is 0 Å². The van der Waals surface area contributed by atoms with Crippen LogP contribution in [0.2, 0.25) is 0 Å². The molecule has 0 amide bonds. The highest BCUT2D eigenvalue weighted by molar-refractivity contribution is 7.88. The minimum absolute atomic E-state index is 0.0452. The second-order valence-electron chi connectivity index (χ2n) is 6.88. The number of anilines is 3. The molecule has 0 saturated carbocycles. The van der Waals surface area contributed by atoms with Gasteiger partial charge in [0.15, 0.2) is 11.6 Å². The maximum Gasteiger partial charge on any atom is 0.296 e. The Hall–Kier alpha value is -3.60. The quantitative estimate of drug-likeness (QED) is 0.299. The zero-order valence-corrected chi connectivity index (χ0v) is 18.0. The highest BCUT2D eigenvalue weighted by atomic mass is 32.2. The number of carbonyl (C=O) groups is 2. The fourth-order valence-corrected chi connectivity index (χ4v) is 4.85. The molecule has 3 aromatic carbocycles. The Balaban J connectivity index is 1.98. The summed E-state index contributed by atoms with van der Waals surface area (Å²) < 4.78 is 45.6. The summed E-state index contributed by atoms with van der Waals surface area (Å²) in [6.45, 7) is 3.49. The molecule has 0 heterocycles. The van der Waals surface area contributed by atoms with Crippen LogP contribution in [0, 0.1) is 0 Å². The van der Waals surface area contributed by atoms with E-state index in [2.05, 4.69) is 11.9 Å². The smallest absolute Gasteiger partial charge is 0.296 e. The van der Waals surface area contributed by atoms with Crippen molar-refractivity contribution in [3.63, 3.8) is 0 Å². The lowest BCUT2D eigenvalue weighted by molar-refractivity contribution is 0.0980. The van der Waals surface area contributed by atoms with Gasteiger partial charge in [-0.2, -0.15) is 8.42 Å². The lowest BCUT2D eigenvalue weighted by atomic mass is 9.82. The SMILES string of the molecule is C=CS(=O)c1cccc(Nc2cc(S(=O)(=O)O)c(N)c3c2C(=O)c2ccccc2C3=O)c1. The van der Waals surface area contributed by atoms with Gasteiger partial charge in [-0.05, 0) is 24.3 Å². The number of benzene rings is 3. The fourth-order valence-electron chi connectivity index (χ4n) is 3.56. The number of hydrogen-bond donors (Lipinski definition) is 3. The Labute approximate surface area is 186 Å². The van der Waals surface area contributed by atoms with E-state index >= 15 is 0 Å². The summed E-state index contributed by atoms with van der Waals surface area (Å²) in [6, 6.07) is 13.4. The van der Waals surface area contributed by atoms with Gasteiger partial charge < -0.3 is 11.1 Å². The van der Waals surface area contributed by atoms with Crippen LogP contribution in [0.15, 0.2) is 76.4 Å². The van der Waals surface area contributed by atoms with E-state index in [9.17, 15) is 26.8 Å². The van der Waals surface area contributed by atoms with Gasteiger partial charge >= 0.3 is 0 Å². The minimum atomic E-state index is -4.82. The summed E-state index contributed by atoms with van der Waals surface area (Å²) in [5.74, 6) is -1.17. The number of nitrogens with two attached hydrogens (primary N) is 1. The summed E-state index contributed by atoms with van der Waals surface area (Å²) in [4.78, 5) is 26.1. The second-order valence-corrected chi connectivity index (χ2v) is 9.67. The number of hydrogen-bond acceptors (Lipinski definition) is 7. The Morgan fingerprint density at radius 1 is 0.969 bits per heavy atom. The Bertz CT molecular complexity index is 1460. The van der Waals surface area contributed by atoms with Crippen LogP contribution in [-0.4, -0.2) is 28.7 Å². The largest absolute Gasteiger partial charge is 0.397 e. The van der Waals surface area contributed by atoms with Crippen LogP contribution in [0.1, 0.15) is 31.8 Å². The number of carbonyl (C=O) groups excluding carboxylic acids is 2. The van der Waals surface area contributed by atoms with Crippen LogP contribution in [0.4, 0.5) is 17.1 Å². The molecule has 0 aliphatic heterocycles. The molecule has 10 heteroatoms. The van der Waals surface area contributed by atoms with Crippen molar-refractivity contribution in [3.8, 4) is 0 Å². The number of nitrogens with one attached hydrogen (secondary N) is 1. The van der Waals surface area contributed by atoms with Gasteiger partial charge in [0, 0.05) is 27.1 Å². The number of nitrogen functional groups attached to an aromatic ring is 1. The predicted molar refractivity (Wildman–Crippen MR) is 120 cm³/mol. The summed E-state index contributed by atoms with van der Waals surface area (Å²) in [7, 11) is -6.29. The third kappa shape index (κ3) is 3.54. The average molecular weight is 469 g/mol. The third-order valence-corrected chi connectivity index (χ3v) is 6.89. The van der Waals surface area contributed by atoms with Gasteiger partial charge in [0.05, 0.1) is 33.3 Å². The Kier molecular flexibility index (Phi) is 5.29. The molecule has 1 aliphatic rings. The summed E-state index contributed by atoms with van der Waals surface area (Å²) in [6.07, 6.45) is 0. The first-order chi connectivity index (χ1) is 15.1. The Morgan fingerprint density at radius 2 is 1.59 bits per heavy atom. The Morgan fingerprint density at radius 3 is 2.19 bits per heavy atom. The van der Waals surface area contributed by atoms with Crippen molar-refractivity contribution >= 4 is 49.5 Å². The normalized spacial score (nSPS) is 13.8. The molecular weight excluding hydrogens is 452 g/mol. The van der Waals surface area contributed by atoms with Crippen LogP contribution in [-0.2, 0) is 20.9 Å². The maximum absolute atomic E-state index is 13.3. The highest BCUT2D eigenvalue weighted by Gasteiger charge is 2.36. The summed E-state index contributed by atoms with van der Waals surface area (Å²) in [5, 5.41) is 4.15. The highest BCUT2D eigenvalue weighted by Crippen LogP contribution is 2.40. The van der Waals surface area contributed by atoms with Crippen LogP contribution in [0.3, 0.4) is 0 Å². The van der Waals surface area contributed by atoms with E-state index in [1.165, 1.54) is 23.6 Å². The van der Waals surface area contributed by atoms with E-state index in [0.717, 1.165) is 6.07 Å². The molecule has 0 aromatic heterocycles. The van der Waals surface area contributed by atoms with Crippen molar-refractivity contribution in [2.24, 2.45) is 0 Å². The summed E-state index contributed by atoms with van der Waals surface area (Å²) in [5.41, 5.74) is 5.57. The van der Waals surface area contributed by atoms with Gasteiger partial charge in [-0.15, -0.1) is 0 Å². The fraction of sp³-hybridized carbons (Fsp3) is 0. The number of fused-ring (bicyclic) bond motifs is 2. The van der Waals surface area contributed by atoms with E-state index in [-0.39, 0.29) is 27.9 Å². The van der Waals surface area contributed by atoms with Gasteiger partial charge in [-0.25, -0.2) is 4.21 Å². The zero-order valence-electron chi connectivity index (χ0n) is 16.4. The van der Waals surface area contributed by atoms with Crippen LogP contribution in [0.5, 0.6) is 0 Å². The average Bonchev–Trinajstić information content (AvgIpc) is 2.77. The molecule has 1 atom stereocenters. The van der Waals surface area contributed by atoms with E-state index < -0.39 is 43.1 Å². The van der Waals surface area contributed by atoms with Crippen molar-refractivity contribution in [1.82, 2.24) is 0 Å². The van der Waals surface area contributed by atoms with Gasteiger partial charge in [-0.1, -0.05) is 36.9 Å². The lowest BCUT2D eigenvalue weighted by Crippen LogP contribution is -2.25. The molecule has 3 aromatic rings. The van der Waals surface area contributed by atoms with Crippen LogP contribution in [0.25, 0.3) is 0 Å². The molecule has 4 rings (SSSR count). The summed E-state index contributed by atoms with van der Waals surface area (Å²) >= 11 is 0. The van der Waals surface area contributed by atoms with E-state index in [1.807, 2.05) is 0 Å². The van der Waals surface area contributed by atoms with E-state index in [0.29, 0.717) is 10.6 Å². The molecule has 4 N–H and O–H groups in total. The van der Waals surface area contributed by atoms with E-state index in [4.69, 9.17) is 5.73 Å². The lowest BCUT2D eigenvalue weighted by Gasteiger charge is -2.23. The molecule has 8 nitrogen and oxygen atoms in total. The monoisotopic (exact) mass is 468 g/mol. The van der Waals surface area contributed by atoms with Gasteiger partial charge in [0.1, 0.15) is 4.90 Å². The third-order valence-electron chi connectivity index (χ3n) is 4.97. The maximum atomic E-state index is 13.3. The van der Waals surface area contributed by atoms with E-state index in [1.54, 1.807) is 30.3 Å². The standard InChI is InChI=1S/C22H16N2O6S2/c1-2-31(27)13-7-5-6-12(10-13)24-16-11-17(32(28,29)30)20(23)19-18(16)21(25)14-8-3-4-9-15(14)22(19)26/h2-11,24H,1,23H2,(H,28,29,30). The van der Waals surface area contributed by atoms with Crippen molar-refractivity contribution in [2.75, 3.05) is 11.1 Å². The predicted octanol–water partition coefficient (Wildman–Crippen LogP) is 3.29. The molecule has 1 aliphatic carbocycles. The van der Waals surface area contributed by atoms with Crippen molar-refractivity contribution in [1.29, 1.82) is 0 Å². The van der Waals surface area contributed by atoms with Crippen molar-refractivity contribution < 1.29 is 26.8 Å². The topological polar surface area (TPSA) is 144 Å². The first-order valence-electron chi connectivity index (χ1n) is 9.16. The zero-order chi connectivity index (χ0) is 23.2. The number of ketones is 2. The van der Waals surface area contributed by atoms with Crippen molar-refractivity contribution in [2.45, 2.75) is 9.79 Å². The van der Waals surface area contributed by atoms with Gasteiger partial charge in [-0.3, -0.25) is 14.1 Å². The molecule has 0 bridgehead atoms. The first-order valence-corrected chi connectivity index (χ1v) is 11.8. The molecule has 32 heavy (non-hydrogen) atoms. The second kappa shape index (κ2) is 7.83. The molecule has 162 valence electrons. The minimum Gasteiger partial charge on any atom is -0.397 e. The van der Waals surface area contributed by atoms with Crippen LogP contribution < -0.4 is 11.1 Å². The first kappa shape index (κ1) is 21.6. The van der Waals surface area contributed by atoms with Crippen molar-refractivity contribution in [3.05, 3.63) is 88.8 Å². The van der Waals surface area contributed by atoms with Crippen LogP contribution >= 0.6 is 0 Å².